The van der Waals surface area contributed by atoms with Gasteiger partial charge in [0, 0.05) is 5.56 Å². The van der Waals surface area contributed by atoms with Crippen molar-refractivity contribution < 1.29 is 18.1 Å². The van der Waals surface area contributed by atoms with Gasteiger partial charge in [-0.15, -0.1) is 0 Å². The van der Waals surface area contributed by atoms with Crippen molar-refractivity contribution >= 4 is 21.6 Å². The Labute approximate surface area is 128 Å². The molecule has 1 aliphatic rings. The van der Waals surface area contributed by atoms with E-state index in [2.05, 4.69) is 0 Å². The Balaban J connectivity index is 2.14. The molecule has 1 aromatic carbocycles. The van der Waals surface area contributed by atoms with Gasteiger partial charge in [0.1, 0.15) is 5.82 Å². The molecule has 1 aromatic rings. The first-order valence-electron chi connectivity index (χ1n) is 7.19. The summed E-state index contributed by atoms with van der Waals surface area (Å²) in [5.74, 6) is -0.273. The van der Waals surface area contributed by atoms with E-state index in [1.807, 2.05) is 46.9 Å². The molecule has 0 bridgehead atoms. The third kappa shape index (κ3) is 3.56. The molecule has 1 radical (unpaired) electrons. The lowest BCUT2D eigenvalue weighted by Gasteiger charge is -2.32. The number of benzene rings is 1. The van der Waals surface area contributed by atoms with Crippen molar-refractivity contribution in [1.82, 2.24) is 0 Å². The second-order valence-electron chi connectivity index (χ2n) is 6.64. The van der Waals surface area contributed by atoms with Crippen LogP contribution in [0.5, 0.6) is 0 Å². The number of halogens is 1. The van der Waals surface area contributed by atoms with Crippen molar-refractivity contribution in [3.05, 3.63) is 29.6 Å². The molecule has 0 aliphatic carbocycles. The fraction of sp³-hybridized carbons (Fsp3) is 0.600. The third-order valence-corrected chi connectivity index (χ3v) is 4.84. The molecule has 6 heteroatoms. The standard InChI is InChI=1S/C15H23BFO3Si/c1-14(2)15(3,4)20-16(19-14)12-8-7-11(13(17)9-12)10-18-21(5)6/h7-9H,10H2,1-6H3. The van der Waals surface area contributed by atoms with Crippen molar-refractivity contribution in [3.8, 4) is 0 Å². The molecule has 0 spiro atoms. The molecule has 1 fully saturated rings. The summed E-state index contributed by atoms with van der Waals surface area (Å²) in [6, 6.07) is 5.08. The van der Waals surface area contributed by atoms with E-state index in [-0.39, 0.29) is 5.82 Å². The minimum absolute atomic E-state index is 0.273. The molecule has 1 aliphatic heterocycles. The first kappa shape index (κ1) is 16.7. The highest BCUT2D eigenvalue weighted by atomic mass is 28.3. The van der Waals surface area contributed by atoms with E-state index in [0.717, 1.165) is 0 Å². The average molecular weight is 309 g/mol. The van der Waals surface area contributed by atoms with Gasteiger partial charge in [-0.05, 0) is 52.3 Å². The van der Waals surface area contributed by atoms with Gasteiger partial charge >= 0.3 is 7.12 Å². The van der Waals surface area contributed by atoms with Crippen LogP contribution in [-0.4, -0.2) is 27.4 Å². The minimum Gasteiger partial charge on any atom is -0.413 e. The van der Waals surface area contributed by atoms with Crippen molar-refractivity contribution in [2.45, 2.75) is 58.6 Å². The van der Waals surface area contributed by atoms with E-state index in [1.165, 1.54) is 6.07 Å². The zero-order chi connectivity index (χ0) is 15.8. The van der Waals surface area contributed by atoms with E-state index in [4.69, 9.17) is 13.7 Å². The normalized spacial score (nSPS) is 20.3. The molecule has 2 rings (SSSR count). The molecule has 1 heterocycles. The summed E-state index contributed by atoms with van der Waals surface area (Å²) in [4.78, 5) is 0. The number of hydrogen-bond acceptors (Lipinski definition) is 3. The van der Waals surface area contributed by atoms with Crippen LogP contribution in [0.25, 0.3) is 0 Å². The summed E-state index contributed by atoms with van der Waals surface area (Å²) in [6.07, 6.45) is 0. The highest BCUT2D eigenvalue weighted by molar-refractivity contribution is 6.62. The fourth-order valence-corrected chi connectivity index (χ4v) is 2.47. The summed E-state index contributed by atoms with van der Waals surface area (Å²) >= 11 is 0. The van der Waals surface area contributed by atoms with E-state index in [9.17, 15) is 4.39 Å². The van der Waals surface area contributed by atoms with Crippen molar-refractivity contribution in [2.75, 3.05) is 0 Å². The average Bonchev–Trinajstić information content (AvgIpc) is 2.56. The number of rotatable bonds is 4. The van der Waals surface area contributed by atoms with Gasteiger partial charge in [0.15, 0.2) is 0 Å². The Kier molecular flexibility index (Phi) is 4.63. The van der Waals surface area contributed by atoms with Crippen LogP contribution in [0.15, 0.2) is 18.2 Å². The Morgan fingerprint density at radius 1 is 1.14 bits per heavy atom. The molecule has 0 aromatic heterocycles. The zero-order valence-electron chi connectivity index (χ0n) is 13.6. The van der Waals surface area contributed by atoms with Crippen LogP contribution >= 0.6 is 0 Å². The SMILES string of the molecule is C[Si](C)OCc1ccc(B2OC(C)(C)C(C)(C)O2)cc1F. The quantitative estimate of drug-likeness (QED) is 0.801. The monoisotopic (exact) mass is 309 g/mol. The molecule has 1 saturated heterocycles. The largest absolute Gasteiger partial charge is 0.494 e. The van der Waals surface area contributed by atoms with Gasteiger partial charge < -0.3 is 13.7 Å². The van der Waals surface area contributed by atoms with Crippen molar-refractivity contribution in [3.63, 3.8) is 0 Å². The first-order chi connectivity index (χ1) is 9.62. The Bertz CT molecular complexity index is 504. The highest BCUT2D eigenvalue weighted by Crippen LogP contribution is 2.36. The second-order valence-corrected chi connectivity index (χ2v) is 8.74. The fourth-order valence-electron chi connectivity index (χ4n) is 2.03. The Morgan fingerprint density at radius 3 is 2.19 bits per heavy atom. The van der Waals surface area contributed by atoms with Crippen LogP contribution in [0.2, 0.25) is 13.1 Å². The molecule has 0 amide bonds. The van der Waals surface area contributed by atoms with Crippen LogP contribution in [0, 0.1) is 5.82 Å². The summed E-state index contributed by atoms with van der Waals surface area (Å²) in [5.41, 5.74) is 0.435. The molecule has 0 unspecified atom stereocenters. The van der Waals surface area contributed by atoms with E-state index in [0.29, 0.717) is 17.6 Å². The van der Waals surface area contributed by atoms with Crippen molar-refractivity contribution in [2.24, 2.45) is 0 Å². The van der Waals surface area contributed by atoms with Gasteiger partial charge in [0.25, 0.3) is 0 Å². The second kappa shape index (κ2) is 5.84. The topological polar surface area (TPSA) is 27.7 Å². The lowest BCUT2D eigenvalue weighted by molar-refractivity contribution is 0.00578. The van der Waals surface area contributed by atoms with E-state index < -0.39 is 27.4 Å². The molecular formula is C15H23BFO3Si. The van der Waals surface area contributed by atoms with Crippen LogP contribution in [-0.2, 0) is 20.3 Å². The van der Waals surface area contributed by atoms with Crippen LogP contribution in [0.1, 0.15) is 33.3 Å². The maximum absolute atomic E-state index is 14.2. The molecule has 3 nitrogen and oxygen atoms in total. The van der Waals surface area contributed by atoms with Crippen LogP contribution in [0.3, 0.4) is 0 Å². The summed E-state index contributed by atoms with van der Waals surface area (Å²) < 4.78 is 31.6. The lowest BCUT2D eigenvalue weighted by Crippen LogP contribution is -2.41. The maximum atomic E-state index is 14.2. The smallest absolute Gasteiger partial charge is 0.413 e. The maximum Gasteiger partial charge on any atom is 0.494 e. The molecular weight excluding hydrogens is 286 g/mol. The predicted molar refractivity (Wildman–Crippen MR) is 84.4 cm³/mol. The molecule has 21 heavy (non-hydrogen) atoms. The molecule has 115 valence electrons. The molecule has 0 saturated carbocycles. The van der Waals surface area contributed by atoms with Crippen LogP contribution in [0.4, 0.5) is 4.39 Å². The molecule has 0 N–H and O–H groups in total. The van der Waals surface area contributed by atoms with E-state index >= 15 is 0 Å². The minimum atomic E-state index is -0.821. The van der Waals surface area contributed by atoms with Gasteiger partial charge in [-0.25, -0.2) is 4.39 Å². The Hall–Kier alpha value is -0.688. The van der Waals surface area contributed by atoms with Crippen LogP contribution < -0.4 is 5.46 Å². The lowest BCUT2D eigenvalue weighted by atomic mass is 9.79. The van der Waals surface area contributed by atoms with Gasteiger partial charge in [0.2, 0.25) is 9.04 Å². The first-order valence-corrected chi connectivity index (χ1v) is 9.60. The zero-order valence-corrected chi connectivity index (χ0v) is 14.6. The summed E-state index contributed by atoms with van der Waals surface area (Å²) in [7, 11) is -1.35. The van der Waals surface area contributed by atoms with E-state index in [1.54, 1.807) is 6.07 Å². The van der Waals surface area contributed by atoms with Gasteiger partial charge in [-0.2, -0.15) is 0 Å². The van der Waals surface area contributed by atoms with Gasteiger partial charge in [-0.1, -0.05) is 12.1 Å². The van der Waals surface area contributed by atoms with Gasteiger partial charge in [-0.3, -0.25) is 0 Å². The number of hydrogen-bond donors (Lipinski definition) is 0. The predicted octanol–water partition coefficient (Wildman–Crippen LogP) is 2.89. The Morgan fingerprint density at radius 2 is 1.71 bits per heavy atom. The van der Waals surface area contributed by atoms with Gasteiger partial charge in [0.05, 0.1) is 17.8 Å². The van der Waals surface area contributed by atoms with Crippen molar-refractivity contribution in [1.29, 1.82) is 0 Å². The highest BCUT2D eigenvalue weighted by Gasteiger charge is 2.51. The summed E-state index contributed by atoms with van der Waals surface area (Å²) in [6.45, 7) is 12.3. The summed E-state index contributed by atoms with van der Waals surface area (Å²) in [5, 5.41) is 0. The molecule has 0 atom stereocenters. The third-order valence-electron chi connectivity index (χ3n) is 4.12.